The van der Waals surface area contributed by atoms with Gasteiger partial charge in [-0.15, -0.1) is 0 Å². The molecule has 0 saturated carbocycles. The van der Waals surface area contributed by atoms with E-state index in [0.29, 0.717) is 56.7 Å². The highest BCUT2D eigenvalue weighted by atomic mass is 16.6. The van der Waals surface area contributed by atoms with Crippen LogP contribution >= 0.6 is 0 Å². The first-order valence-corrected chi connectivity index (χ1v) is 8.74. The van der Waals surface area contributed by atoms with Gasteiger partial charge in [0.05, 0.1) is 6.61 Å². The summed E-state index contributed by atoms with van der Waals surface area (Å²) in [6.07, 6.45) is 1.24. The lowest BCUT2D eigenvalue weighted by atomic mass is 10.2. The number of anilines is 3. The number of amides is 1. The van der Waals surface area contributed by atoms with Crippen molar-refractivity contribution in [3.8, 4) is 0 Å². The molecule has 0 radical (unpaired) electrons. The number of aromatic nitrogens is 2. The van der Waals surface area contributed by atoms with E-state index in [4.69, 9.17) is 10.5 Å². The van der Waals surface area contributed by atoms with Crippen LogP contribution in [0.15, 0.2) is 36.7 Å². The van der Waals surface area contributed by atoms with Crippen LogP contribution in [0, 0.1) is 0 Å². The lowest BCUT2D eigenvalue weighted by Gasteiger charge is -2.35. The first-order chi connectivity index (χ1) is 12.7. The summed E-state index contributed by atoms with van der Waals surface area (Å²) in [6, 6.07) is 10.1. The summed E-state index contributed by atoms with van der Waals surface area (Å²) < 4.78 is 5.05. The molecule has 1 saturated heterocycles. The number of hydrogen-bond acceptors (Lipinski definition) is 7. The van der Waals surface area contributed by atoms with Crippen molar-refractivity contribution < 1.29 is 9.53 Å². The standard InChI is InChI=1S/C18H24N6O2/c1-2-26-18(25)24-10-8-23(9-11-24)17-15(19)16(21-13-22-17)20-12-14-6-4-3-5-7-14/h3-7,13H,2,8-12,19H2,1H3,(H,20,21,22). The maximum Gasteiger partial charge on any atom is 0.409 e. The fraction of sp³-hybridized carbons (Fsp3) is 0.389. The van der Waals surface area contributed by atoms with E-state index in [1.165, 1.54) is 6.33 Å². The van der Waals surface area contributed by atoms with Gasteiger partial charge in [0.1, 0.15) is 12.0 Å². The van der Waals surface area contributed by atoms with E-state index in [-0.39, 0.29) is 6.09 Å². The zero-order valence-corrected chi connectivity index (χ0v) is 14.9. The second-order valence-corrected chi connectivity index (χ2v) is 5.97. The van der Waals surface area contributed by atoms with Crippen LogP contribution in [0.1, 0.15) is 12.5 Å². The molecule has 3 rings (SSSR count). The predicted molar refractivity (Wildman–Crippen MR) is 101 cm³/mol. The van der Waals surface area contributed by atoms with E-state index in [1.807, 2.05) is 30.3 Å². The van der Waals surface area contributed by atoms with Gasteiger partial charge in [-0.25, -0.2) is 14.8 Å². The molecule has 3 N–H and O–H groups in total. The van der Waals surface area contributed by atoms with E-state index < -0.39 is 0 Å². The van der Waals surface area contributed by atoms with Crippen LogP contribution in [0.2, 0.25) is 0 Å². The fourth-order valence-electron chi connectivity index (χ4n) is 2.88. The van der Waals surface area contributed by atoms with E-state index in [9.17, 15) is 4.79 Å². The van der Waals surface area contributed by atoms with E-state index in [1.54, 1.807) is 11.8 Å². The maximum atomic E-state index is 11.8. The number of nitrogens with two attached hydrogens (primary N) is 1. The highest BCUT2D eigenvalue weighted by Crippen LogP contribution is 2.27. The summed E-state index contributed by atoms with van der Waals surface area (Å²) >= 11 is 0. The van der Waals surface area contributed by atoms with Crippen LogP contribution in [-0.2, 0) is 11.3 Å². The first kappa shape index (κ1) is 17.8. The molecule has 0 atom stereocenters. The van der Waals surface area contributed by atoms with Gasteiger partial charge in [-0.2, -0.15) is 0 Å². The molecule has 1 aliphatic heterocycles. The molecule has 1 aromatic heterocycles. The van der Waals surface area contributed by atoms with Gasteiger partial charge in [-0.3, -0.25) is 0 Å². The topological polar surface area (TPSA) is 96.6 Å². The van der Waals surface area contributed by atoms with E-state index in [0.717, 1.165) is 5.56 Å². The van der Waals surface area contributed by atoms with Gasteiger partial charge in [-0.1, -0.05) is 30.3 Å². The van der Waals surface area contributed by atoms with E-state index >= 15 is 0 Å². The summed E-state index contributed by atoms with van der Waals surface area (Å²) in [6.45, 7) is 5.28. The normalized spacial score (nSPS) is 14.2. The monoisotopic (exact) mass is 356 g/mol. The van der Waals surface area contributed by atoms with Crippen molar-refractivity contribution in [1.82, 2.24) is 14.9 Å². The van der Waals surface area contributed by atoms with Gasteiger partial charge in [0.25, 0.3) is 0 Å². The second kappa shape index (κ2) is 8.37. The molecule has 8 nitrogen and oxygen atoms in total. The maximum absolute atomic E-state index is 11.8. The third kappa shape index (κ3) is 4.14. The minimum Gasteiger partial charge on any atom is -0.450 e. The highest BCUT2D eigenvalue weighted by molar-refractivity contribution is 5.75. The molecule has 8 heteroatoms. The third-order valence-electron chi connectivity index (χ3n) is 4.27. The van der Waals surface area contributed by atoms with Gasteiger partial charge < -0.3 is 25.6 Å². The SMILES string of the molecule is CCOC(=O)N1CCN(c2ncnc(NCc3ccccc3)c2N)CC1. The Balaban J connectivity index is 1.63. The Morgan fingerprint density at radius 2 is 1.92 bits per heavy atom. The van der Waals surface area contributed by atoms with Crippen LogP contribution < -0.4 is 16.0 Å². The van der Waals surface area contributed by atoms with Crippen LogP contribution in [0.25, 0.3) is 0 Å². The highest BCUT2D eigenvalue weighted by Gasteiger charge is 2.24. The Bertz CT molecular complexity index is 732. The zero-order valence-electron chi connectivity index (χ0n) is 14.9. The molecule has 1 fully saturated rings. The molecule has 0 aliphatic carbocycles. The van der Waals surface area contributed by atoms with Gasteiger partial charge in [0.15, 0.2) is 11.6 Å². The summed E-state index contributed by atoms with van der Waals surface area (Å²) in [5, 5.41) is 3.27. The average molecular weight is 356 g/mol. The minimum absolute atomic E-state index is 0.270. The van der Waals surface area contributed by atoms with Crippen LogP contribution in [0.3, 0.4) is 0 Å². The number of nitrogens with zero attached hydrogens (tertiary/aromatic N) is 4. The molecule has 0 unspecified atom stereocenters. The Hall–Kier alpha value is -3.03. The predicted octanol–water partition coefficient (Wildman–Crippen LogP) is 1.95. The van der Waals surface area contributed by atoms with Crippen LogP contribution in [-0.4, -0.2) is 53.7 Å². The van der Waals surface area contributed by atoms with Crippen molar-refractivity contribution in [2.45, 2.75) is 13.5 Å². The molecule has 138 valence electrons. The number of nitrogens with one attached hydrogen (secondary N) is 1. The molecule has 1 aromatic carbocycles. The number of hydrogen-bond donors (Lipinski definition) is 2. The molecule has 0 bridgehead atoms. The molecule has 26 heavy (non-hydrogen) atoms. The van der Waals surface area contributed by atoms with Crippen LogP contribution in [0.4, 0.5) is 22.1 Å². The van der Waals surface area contributed by atoms with Gasteiger partial charge >= 0.3 is 6.09 Å². The second-order valence-electron chi connectivity index (χ2n) is 5.97. The van der Waals surface area contributed by atoms with E-state index in [2.05, 4.69) is 20.2 Å². The smallest absolute Gasteiger partial charge is 0.409 e. The Kier molecular flexibility index (Phi) is 5.73. The number of nitrogen functional groups attached to an aromatic ring is 1. The molecule has 2 aromatic rings. The van der Waals surface area contributed by atoms with Crippen LogP contribution in [0.5, 0.6) is 0 Å². The first-order valence-electron chi connectivity index (χ1n) is 8.74. The van der Waals surface area contributed by atoms with Gasteiger partial charge in [0, 0.05) is 32.7 Å². The molecule has 1 amide bonds. The third-order valence-corrected chi connectivity index (χ3v) is 4.27. The fourth-order valence-corrected chi connectivity index (χ4v) is 2.88. The molecule has 1 aliphatic rings. The number of ether oxygens (including phenoxy) is 1. The lowest BCUT2D eigenvalue weighted by Crippen LogP contribution is -2.49. The zero-order chi connectivity index (χ0) is 18.4. The lowest BCUT2D eigenvalue weighted by molar-refractivity contribution is 0.105. The number of rotatable bonds is 5. The average Bonchev–Trinajstić information content (AvgIpc) is 2.68. The van der Waals surface area contributed by atoms with Gasteiger partial charge in [0.2, 0.25) is 0 Å². The number of benzene rings is 1. The molecule has 0 spiro atoms. The molecule has 2 heterocycles. The Labute approximate surface area is 153 Å². The summed E-state index contributed by atoms with van der Waals surface area (Å²) in [5.74, 6) is 1.31. The van der Waals surface area contributed by atoms with Crippen molar-refractivity contribution in [2.24, 2.45) is 0 Å². The van der Waals surface area contributed by atoms with Crippen molar-refractivity contribution in [3.63, 3.8) is 0 Å². The minimum atomic E-state index is -0.270. The largest absolute Gasteiger partial charge is 0.450 e. The van der Waals surface area contributed by atoms with Crippen molar-refractivity contribution >= 4 is 23.4 Å². The quantitative estimate of drug-likeness (QED) is 0.845. The molecular formula is C18H24N6O2. The summed E-state index contributed by atoms with van der Waals surface area (Å²) in [5.41, 5.74) is 7.96. The number of carbonyl (C=O) groups excluding carboxylic acids is 1. The van der Waals surface area contributed by atoms with Gasteiger partial charge in [-0.05, 0) is 12.5 Å². The van der Waals surface area contributed by atoms with Crippen molar-refractivity contribution in [2.75, 3.05) is 48.7 Å². The number of carbonyl (C=O) groups is 1. The summed E-state index contributed by atoms with van der Waals surface area (Å²) in [4.78, 5) is 24.2. The Morgan fingerprint density at radius 1 is 1.19 bits per heavy atom. The molecular weight excluding hydrogens is 332 g/mol. The Morgan fingerprint density at radius 3 is 2.62 bits per heavy atom. The van der Waals surface area contributed by atoms with Crippen molar-refractivity contribution in [1.29, 1.82) is 0 Å². The summed E-state index contributed by atoms with van der Waals surface area (Å²) in [7, 11) is 0. The number of piperazine rings is 1. The van der Waals surface area contributed by atoms with Crippen molar-refractivity contribution in [3.05, 3.63) is 42.2 Å².